The first-order valence-electron chi connectivity index (χ1n) is 9.54. The molecule has 27 heavy (non-hydrogen) atoms. The second kappa shape index (κ2) is 14.9. The van der Waals surface area contributed by atoms with Crippen LogP contribution in [0.1, 0.15) is 31.2 Å². The Morgan fingerprint density at radius 2 is 1.67 bits per heavy atom. The molecule has 1 saturated carbocycles. The van der Waals surface area contributed by atoms with E-state index in [1.807, 2.05) is 24.3 Å². The Balaban J connectivity index is 0.00000364. The predicted molar refractivity (Wildman–Crippen MR) is 120 cm³/mol. The highest BCUT2D eigenvalue weighted by Crippen LogP contribution is 2.28. The van der Waals surface area contributed by atoms with Crippen LogP contribution in [0.3, 0.4) is 0 Å². The van der Waals surface area contributed by atoms with E-state index in [0.717, 1.165) is 62.3 Å². The van der Waals surface area contributed by atoms with Gasteiger partial charge in [0.05, 0.1) is 13.7 Å². The highest BCUT2D eigenvalue weighted by atomic mass is 127. The lowest BCUT2D eigenvalue weighted by molar-refractivity contribution is 0.119. The van der Waals surface area contributed by atoms with Crippen LogP contribution in [0.4, 0.5) is 0 Å². The van der Waals surface area contributed by atoms with E-state index in [1.54, 1.807) is 14.2 Å². The molecule has 1 fully saturated rings. The van der Waals surface area contributed by atoms with Crippen molar-refractivity contribution < 1.29 is 14.2 Å². The molecule has 1 aromatic rings. The van der Waals surface area contributed by atoms with Crippen molar-refractivity contribution in [3.05, 3.63) is 29.8 Å². The number of hydrogen-bond acceptors (Lipinski definition) is 4. The maximum atomic E-state index is 5.70. The fourth-order valence-electron chi connectivity index (χ4n) is 2.43. The van der Waals surface area contributed by atoms with Gasteiger partial charge in [-0.3, -0.25) is 4.99 Å². The highest BCUT2D eigenvalue weighted by Gasteiger charge is 2.20. The van der Waals surface area contributed by atoms with Crippen molar-refractivity contribution in [2.75, 3.05) is 47.1 Å². The molecule has 0 heterocycles. The van der Waals surface area contributed by atoms with E-state index >= 15 is 0 Å². The molecule has 1 aromatic carbocycles. The van der Waals surface area contributed by atoms with Crippen LogP contribution in [0.15, 0.2) is 29.3 Å². The summed E-state index contributed by atoms with van der Waals surface area (Å²) in [6, 6.07) is 7.95. The van der Waals surface area contributed by atoms with Crippen molar-refractivity contribution in [3.63, 3.8) is 0 Å². The smallest absolute Gasteiger partial charge is 0.190 e. The number of rotatable bonds is 13. The first-order chi connectivity index (χ1) is 12.8. The topological polar surface area (TPSA) is 64.1 Å². The minimum absolute atomic E-state index is 0. The minimum atomic E-state index is 0. The Labute approximate surface area is 180 Å². The fourth-order valence-corrected chi connectivity index (χ4v) is 2.43. The lowest BCUT2D eigenvalue weighted by atomic mass is 10.2. The van der Waals surface area contributed by atoms with Crippen LogP contribution in [0.2, 0.25) is 0 Å². The Bertz CT molecular complexity index is 522. The third kappa shape index (κ3) is 11.4. The number of benzene rings is 1. The number of nitrogens with one attached hydrogen (secondary N) is 2. The summed E-state index contributed by atoms with van der Waals surface area (Å²) in [6.45, 7) is 4.80. The third-order valence-electron chi connectivity index (χ3n) is 4.22. The van der Waals surface area contributed by atoms with Crippen molar-refractivity contribution in [2.45, 2.75) is 32.3 Å². The first-order valence-corrected chi connectivity index (χ1v) is 9.54. The standard InChI is InChI=1S/C20H33N3O3.HI/c1-21-20(22-11-3-13-25-15-17-5-6-17)23-12-4-14-26-16-18-7-9-19(24-2)10-8-18;/h7-10,17H,3-6,11-16H2,1-2H3,(H2,21,22,23);1H. The van der Waals surface area contributed by atoms with Crippen LogP contribution in [0, 0.1) is 5.92 Å². The van der Waals surface area contributed by atoms with Crippen LogP contribution < -0.4 is 15.4 Å². The predicted octanol–water partition coefficient (Wildman–Crippen LogP) is 3.20. The summed E-state index contributed by atoms with van der Waals surface area (Å²) in [5.41, 5.74) is 1.15. The number of halogens is 1. The van der Waals surface area contributed by atoms with Gasteiger partial charge in [0.2, 0.25) is 0 Å². The number of hydrogen-bond donors (Lipinski definition) is 2. The lowest BCUT2D eigenvalue weighted by Crippen LogP contribution is -2.38. The van der Waals surface area contributed by atoms with Crippen LogP contribution in [0.25, 0.3) is 0 Å². The van der Waals surface area contributed by atoms with Gasteiger partial charge in [-0.25, -0.2) is 0 Å². The van der Waals surface area contributed by atoms with Crippen molar-refractivity contribution in [1.29, 1.82) is 0 Å². The van der Waals surface area contributed by atoms with E-state index in [1.165, 1.54) is 12.8 Å². The van der Waals surface area contributed by atoms with Gasteiger partial charge in [-0.2, -0.15) is 0 Å². The molecule has 0 unspecified atom stereocenters. The molecule has 0 radical (unpaired) electrons. The average Bonchev–Trinajstić information content (AvgIpc) is 3.50. The SMILES string of the molecule is CN=C(NCCCOCc1ccc(OC)cc1)NCCCOCC1CC1.I. The summed E-state index contributed by atoms with van der Waals surface area (Å²) >= 11 is 0. The zero-order valence-corrected chi connectivity index (χ0v) is 18.9. The molecule has 1 aliphatic carbocycles. The number of methoxy groups -OCH3 is 1. The van der Waals surface area contributed by atoms with E-state index in [2.05, 4.69) is 15.6 Å². The monoisotopic (exact) mass is 491 g/mol. The summed E-state index contributed by atoms with van der Waals surface area (Å²) in [4.78, 5) is 4.23. The number of nitrogens with zero attached hydrogens (tertiary/aromatic N) is 1. The molecule has 0 saturated heterocycles. The van der Waals surface area contributed by atoms with Gasteiger partial charge >= 0.3 is 0 Å². The van der Waals surface area contributed by atoms with E-state index in [-0.39, 0.29) is 24.0 Å². The van der Waals surface area contributed by atoms with Crippen LogP contribution in [-0.2, 0) is 16.1 Å². The van der Waals surface area contributed by atoms with Gasteiger partial charge in [-0.05, 0) is 49.3 Å². The largest absolute Gasteiger partial charge is 0.497 e. The molecule has 7 heteroatoms. The van der Waals surface area contributed by atoms with Crippen molar-refractivity contribution in [3.8, 4) is 5.75 Å². The van der Waals surface area contributed by atoms with Gasteiger partial charge in [-0.1, -0.05) is 12.1 Å². The third-order valence-corrected chi connectivity index (χ3v) is 4.22. The maximum absolute atomic E-state index is 5.70. The van der Waals surface area contributed by atoms with Crippen molar-refractivity contribution in [1.82, 2.24) is 10.6 Å². The van der Waals surface area contributed by atoms with Crippen molar-refractivity contribution in [2.24, 2.45) is 10.9 Å². The summed E-state index contributed by atoms with van der Waals surface area (Å²) in [7, 11) is 3.46. The van der Waals surface area contributed by atoms with E-state index in [4.69, 9.17) is 14.2 Å². The Morgan fingerprint density at radius 1 is 1.04 bits per heavy atom. The molecule has 0 amide bonds. The second-order valence-corrected chi connectivity index (χ2v) is 6.55. The minimum Gasteiger partial charge on any atom is -0.497 e. The van der Waals surface area contributed by atoms with Gasteiger partial charge in [0.15, 0.2) is 5.96 Å². The van der Waals surface area contributed by atoms with E-state index < -0.39 is 0 Å². The van der Waals surface area contributed by atoms with E-state index in [0.29, 0.717) is 13.2 Å². The van der Waals surface area contributed by atoms with Gasteiger partial charge < -0.3 is 24.8 Å². The molecular formula is C20H34IN3O3. The Morgan fingerprint density at radius 3 is 2.22 bits per heavy atom. The molecule has 2 rings (SSSR count). The van der Waals surface area contributed by atoms with Crippen LogP contribution >= 0.6 is 24.0 Å². The molecule has 0 aliphatic heterocycles. The summed E-state index contributed by atoms with van der Waals surface area (Å²) in [5.74, 6) is 2.54. The van der Waals surface area contributed by atoms with Crippen LogP contribution in [-0.4, -0.2) is 53.0 Å². The van der Waals surface area contributed by atoms with E-state index in [9.17, 15) is 0 Å². The van der Waals surface area contributed by atoms with Gasteiger partial charge in [-0.15, -0.1) is 24.0 Å². The first kappa shape index (κ1) is 24.0. The van der Waals surface area contributed by atoms with Crippen LogP contribution in [0.5, 0.6) is 5.75 Å². The molecule has 1 aliphatic rings. The average molecular weight is 491 g/mol. The second-order valence-electron chi connectivity index (χ2n) is 6.55. The summed E-state index contributed by atoms with van der Waals surface area (Å²) < 4.78 is 16.5. The fraction of sp³-hybridized carbons (Fsp3) is 0.650. The molecular weight excluding hydrogens is 457 g/mol. The number of ether oxygens (including phenoxy) is 3. The summed E-state index contributed by atoms with van der Waals surface area (Å²) in [6.07, 6.45) is 4.62. The van der Waals surface area contributed by atoms with Gasteiger partial charge in [0, 0.05) is 40.0 Å². The summed E-state index contributed by atoms with van der Waals surface area (Å²) in [5, 5.41) is 6.61. The normalized spacial score (nSPS) is 13.8. The Hall–Kier alpha value is -1.06. The van der Waals surface area contributed by atoms with Gasteiger partial charge in [0.1, 0.15) is 5.75 Å². The zero-order valence-electron chi connectivity index (χ0n) is 16.5. The molecule has 0 aromatic heterocycles. The van der Waals surface area contributed by atoms with Gasteiger partial charge in [0.25, 0.3) is 0 Å². The number of guanidine groups is 1. The van der Waals surface area contributed by atoms with Crippen molar-refractivity contribution >= 4 is 29.9 Å². The molecule has 0 atom stereocenters. The quantitative estimate of drug-likeness (QED) is 0.192. The highest BCUT2D eigenvalue weighted by molar-refractivity contribution is 14.0. The molecule has 0 bridgehead atoms. The number of aliphatic imine (C=N–C) groups is 1. The molecule has 0 spiro atoms. The molecule has 6 nitrogen and oxygen atoms in total. The lowest BCUT2D eigenvalue weighted by Gasteiger charge is -2.12. The Kier molecular flexibility index (Phi) is 13.3. The zero-order chi connectivity index (χ0) is 18.5. The molecule has 2 N–H and O–H groups in total. The maximum Gasteiger partial charge on any atom is 0.190 e. The molecule has 154 valence electrons.